The Kier molecular flexibility index (Phi) is 2.68. The van der Waals surface area contributed by atoms with Crippen molar-refractivity contribution < 1.29 is 17.7 Å². The second-order valence-electron chi connectivity index (χ2n) is 4.99. The fraction of sp³-hybridized carbons (Fsp3) is 0.800. The molecule has 1 saturated carbocycles. The molecule has 0 spiro atoms. The van der Waals surface area contributed by atoms with Gasteiger partial charge < -0.3 is 10.3 Å². The number of nitrogens with two attached hydrogens (primary N) is 1. The maximum Gasteiger partial charge on any atom is 0.471 e. The zero-order valence-corrected chi connectivity index (χ0v) is 9.58. The van der Waals surface area contributed by atoms with Crippen LogP contribution in [-0.2, 0) is 11.7 Å². The van der Waals surface area contributed by atoms with Gasteiger partial charge in [0.05, 0.1) is 5.54 Å². The van der Waals surface area contributed by atoms with Gasteiger partial charge in [-0.3, -0.25) is 0 Å². The smallest absolute Gasteiger partial charge is 0.329 e. The topological polar surface area (TPSA) is 64.9 Å². The van der Waals surface area contributed by atoms with Crippen LogP contribution in [0.15, 0.2) is 4.52 Å². The SMILES string of the molecule is CC(C)C1CC(N)(c2noc(C(F)(F)F)n2)C1. The first kappa shape index (κ1) is 12.3. The predicted octanol–water partition coefficient (Wildman–Crippen LogP) is 2.31. The van der Waals surface area contributed by atoms with Gasteiger partial charge in [-0.05, 0) is 24.7 Å². The summed E-state index contributed by atoms with van der Waals surface area (Å²) in [6.45, 7) is 4.11. The van der Waals surface area contributed by atoms with Crippen molar-refractivity contribution in [3.05, 3.63) is 11.7 Å². The zero-order chi connectivity index (χ0) is 12.8. The van der Waals surface area contributed by atoms with E-state index in [4.69, 9.17) is 5.73 Å². The van der Waals surface area contributed by atoms with Crippen LogP contribution in [0, 0.1) is 11.8 Å². The normalized spacial score (nSPS) is 29.5. The molecule has 2 rings (SSSR count). The quantitative estimate of drug-likeness (QED) is 0.873. The molecular formula is C10H14F3N3O. The van der Waals surface area contributed by atoms with Gasteiger partial charge in [-0.25, -0.2) is 0 Å². The van der Waals surface area contributed by atoms with Crippen LogP contribution in [0.2, 0.25) is 0 Å². The standard InChI is InChI=1S/C10H14F3N3O/c1-5(2)6-3-9(14,4-6)7-15-8(17-16-7)10(11,12)13/h5-6H,3-4,14H2,1-2H3. The van der Waals surface area contributed by atoms with Crippen LogP contribution in [0.1, 0.15) is 38.4 Å². The van der Waals surface area contributed by atoms with Gasteiger partial charge in [-0.1, -0.05) is 19.0 Å². The molecule has 0 atom stereocenters. The summed E-state index contributed by atoms with van der Waals surface area (Å²) >= 11 is 0. The van der Waals surface area contributed by atoms with Crippen molar-refractivity contribution in [3.63, 3.8) is 0 Å². The molecule has 4 nitrogen and oxygen atoms in total. The summed E-state index contributed by atoms with van der Waals surface area (Å²) in [5.74, 6) is -0.499. The molecule has 0 aliphatic heterocycles. The summed E-state index contributed by atoms with van der Waals surface area (Å²) in [5, 5.41) is 3.34. The Morgan fingerprint density at radius 3 is 2.41 bits per heavy atom. The molecule has 1 fully saturated rings. The molecule has 2 N–H and O–H groups in total. The molecule has 17 heavy (non-hydrogen) atoms. The van der Waals surface area contributed by atoms with E-state index in [9.17, 15) is 13.2 Å². The number of halogens is 3. The van der Waals surface area contributed by atoms with E-state index in [1.54, 1.807) is 0 Å². The van der Waals surface area contributed by atoms with Crippen LogP contribution in [-0.4, -0.2) is 10.1 Å². The highest BCUT2D eigenvalue weighted by Crippen LogP contribution is 2.46. The minimum atomic E-state index is -4.61. The first-order chi connectivity index (χ1) is 7.72. The Labute approximate surface area is 96.4 Å². The number of nitrogens with zero attached hydrogens (tertiary/aromatic N) is 2. The van der Waals surface area contributed by atoms with Crippen LogP contribution in [0.25, 0.3) is 0 Å². The molecule has 96 valence electrons. The summed E-state index contributed by atoms with van der Waals surface area (Å²) in [7, 11) is 0. The molecule has 1 aromatic rings. The van der Waals surface area contributed by atoms with Crippen molar-refractivity contribution in [2.75, 3.05) is 0 Å². The van der Waals surface area contributed by atoms with E-state index in [-0.39, 0.29) is 5.82 Å². The fourth-order valence-electron chi connectivity index (χ4n) is 2.07. The lowest BCUT2D eigenvalue weighted by atomic mass is 9.64. The van der Waals surface area contributed by atoms with Crippen molar-refractivity contribution in [1.82, 2.24) is 10.1 Å². The van der Waals surface area contributed by atoms with Gasteiger partial charge in [0.1, 0.15) is 0 Å². The first-order valence-electron chi connectivity index (χ1n) is 5.42. The molecule has 1 aliphatic carbocycles. The lowest BCUT2D eigenvalue weighted by Crippen LogP contribution is -2.51. The third-order valence-corrected chi connectivity index (χ3v) is 3.31. The van der Waals surface area contributed by atoms with Gasteiger partial charge >= 0.3 is 12.1 Å². The lowest BCUT2D eigenvalue weighted by molar-refractivity contribution is -0.159. The summed E-state index contributed by atoms with van der Waals surface area (Å²) in [6, 6.07) is 0. The average molecular weight is 249 g/mol. The van der Waals surface area contributed by atoms with Crippen LogP contribution >= 0.6 is 0 Å². The Hall–Kier alpha value is -1.11. The van der Waals surface area contributed by atoms with Crippen molar-refractivity contribution >= 4 is 0 Å². The Morgan fingerprint density at radius 2 is 2.00 bits per heavy atom. The molecule has 0 bridgehead atoms. The van der Waals surface area contributed by atoms with Crippen LogP contribution in [0.5, 0.6) is 0 Å². The molecule has 0 unspecified atom stereocenters. The second-order valence-corrected chi connectivity index (χ2v) is 4.99. The van der Waals surface area contributed by atoms with E-state index >= 15 is 0 Å². The fourth-order valence-corrected chi connectivity index (χ4v) is 2.07. The number of rotatable bonds is 2. The van der Waals surface area contributed by atoms with Gasteiger partial charge in [0.15, 0.2) is 5.82 Å². The van der Waals surface area contributed by atoms with Crippen molar-refractivity contribution in [2.24, 2.45) is 17.6 Å². The van der Waals surface area contributed by atoms with Crippen molar-refractivity contribution in [3.8, 4) is 0 Å². The van der Waals surface area contributed by atoms with Crippen LogP contribution < -0.4 is 5.73 Å². The van der Waals surface area contributed by atoms with E-state index in [1.807, 2.05) is 0 Å². The first-order valence-corrected chi connectivity index (χ1v) is 5.42. The zero-order valence-electron chi connectivity index (χ0n) is 9.58. The number of alkyl halides is 3. The van der Waals surface area contributed by atoms with E-state index in [1.165, 1.54) is 0 Å². The predicted molar refractivity (Wildman–Crippen MR) is 52.7 cm³/mol. The van der Waals surface area contributed by atoms with Crippen molar-refractivity contribution in [1.29, 1.82) is 0 Å². The maximum atomic E-state index is 12.3. The molecule has 7 heteroatoms. The van der Waals surface area contributed by atoms with E-state index in [0.717, 1.165) is 0 Å². The van der Waals surface area contributed by atoms with Crippen LogP contribution in [0.3, 0.4) is 0 Å². The molecule has 0 saturated heterocycles. The Balaban J connectivity index is 2.12. The van der Waals surface area contributed by atoms with Crippen molar-refractivity contribution in [2.45, 2.75) is 38.4 Å². The molecular weight excluding hydrogens is 235 g/mol. The minimum absolute atomic E-state index is 0.0401. The third kappa shape index (κ3) is 2.15. The van der Waals surface area contributed by atoms with Gasteiger partial charge in [0.2, 0.25) is 0 Å². The van der Waals surface area contributed by atoms with E-state index < -0.39 is 17.6 Å². The minimum Gasteiger partial charge on any atom is -0.329 e. The highest BCUT2D eigenvalue weighted by atomic mass is 19.4. The Bertz CT molecular complexity index is 407. The molecule has 1 aliphatic rings. The Morgan fingerprint density at radius 1 is 1.41 bits per heavy atom. The van der Waals surface area contributed by atoms with Gasteiger partial charge in [0.25, 0.3) is 0 Å². The van der Waals surface area contributed by atoms with E-state index in [2.05, 4.69) is 28.5 Å². The maximum absolute atomic E-state index is 12.3. The van der Waals surface area contributed by atoms with Crippen LogP contribution in [0.4, 0.5) is 13.2 Å². The number of hydrogen-bond acceptors (Lipinski definition) is 4. The summed E-state index contributed by atoms with van der Waals surface area (Å²) in [6.07, 6.45) is -3.41. The average Bonchev–Trinajstić information content (AvgIpc) is 2.60. The van der Waals surface area contributed by atoms with Gasteiger partial charge in [0, 0.05) is 0 Å². The monoisotopic (exact) mass is 249 g/mol. The lowest BCUT2D eigenvalue weighted by Gasteiger charge is -2.44. The second kappa shape index (κ2) is 3.69. The summed E-state index contributed by atoms with van der Waals surface area (Å²) in [4.78, 5) is 3.34. The van der Waals surface area contributed by atoms with Gasteiger partial charge in [-0.15, -0.1) is 0 Å². The highest BCUT2D eigenvalue weighted by molar-refractivity contribution is 5.12. The largest absolute Gasteiger partial charge is 0.471 e. The molecule has 1 aromatic heterocycles. The summed E-state index contributed by atoms with van der Waals surface area (Å²) in [5.41, 5.74) is 5.10. The molecule has 0 radical (unpaired) electrons. The third-order valence-electron chi connectivity index (χ3n) is 3.31. The highest BCUT2D eigenvalue weighted by Gasteiger charge is 2.48. The molecule has 0 amide bonds. The number of hydrogen-bond donors (Lipinski definition) is 1. The van der Waals surface area contributed by atoms with Gasteiger partial charge in [-0.2, -0.15) is 18.2 Å². The molecule has 0 aromatic carbocycles. The molecule has 1 heterocycles. The number of aromatic nitrogens is 2. The summed E-state index contributed by atoms with van der Waals surface area (Å²) < 4.78 is 41.0. The van der Waals surface area contributed by atoms with E-state index in [0.29, 0.717) is 24.7 Å².